The van der Waals surface area contributed by atoms with E-state index in [9.17, 15) is 0 Å². The summed E-state index contributed by atoms with van der Waals surface area (Å²) < 4.78 is 5.43. The summed E-state index contributed by atoms with van der Waals surface area (Å²) in [5, 5.41) is 9.38. The minimum atomic E-state index is 0.290. The van der Waals surface area contributed by atoms with Crippen molar-refractivity contribution in [1.82, 2.24) is 15.0 Å². The lowest BCUT2D eigenvalue weighted by atomic mass is 10.1. The number of nitrogens with zero attached hydrogens (tertiary/aromatic N) is 4. The first-order valence-electron chi connectivity index (χ1n) is 6.52. The van der Waals surface area contributed by atoms with Crippen LogP contribution in [0.15, 0.2) is 23.5 Å². The number of aryl methyl sites for hydroxylation is 1. The molecule has 2 N–H and O–H groups in total. The number of rotatable bonds is 4. The number of hydrogen-bond acceptors (Lipinski definition) is 7. The summed E-state index contributed by atoms with van der Waals surface area (Å²) in [7, 11) is 0. The number of pyridine rings is 1. The van der Waals surface area contributed by atoms with Gasteiger partial charge in [-0.2, -0.15) is 5.26 Å². The van der Waals surface area contributed by atoms with Crippen LogP contribution in [0.2, 0.25) is 0 Å². The van der Waals surface area contributed by atoms with Crippen LogP contribution in [-0.2, 0) is 12.8 Å². The number of nitrogens with two attached hydrogens (primary N) is 1. The van der Waals surface area contributed by atoms with Gasteiger partial charge in [0.2, 0.25) is 0 Å². The zero-order chi connectivity index (χ0) is 14.7. The van der Waals surface area contributed by atoms with Gasteiger partial charge in [-0.25, -0.2) is 9.97 Å². The molecule has 21 heavy (non-hydrogen) atoms. The Hall–Kier alpha value is -2.33. The average Bonchev–Trinajstić information content (AvgIpc) is 2.94. The molecule has 0 saturated heterocycles. The SMILES string of the molecule is N#Cc1cc(N)nc(SCCc2cc3c(cn2)OCC3)n1. The highest BCUT2D eigenvalue weighted by Crippen LogP contribution is 2.25. The summed E-state index contributed by atoms with van der Waals surface area (Å²) in [5.41, 5.74) is 8.17. The van der Waals surface area contributed by atoms with E-state index in [0.29, 0.717) is 11.0 Å². The highest BCUT2D eigenvalue weighted by molar-refractivity contribution is 7.99. The lowest BCUT2D eigenvalue weighted by Gasteiger charge is -2.04. The fourth-order valence-corrected chi connectivity index (χ4v) is 2.91. The monoisotopic (exact) mass is 299 g/mol. The Balaban J connectivity index is 1.61. The van der Waals surface area contributed by atoms with Crippen molar-refractivity contribution < 1.29 is 4.74 Å². The number of nitrogen functional groups attached to an aromatic ring is 1. The quantitative estimate of drug-likeness (QED) is 0.676. The summed E-state index contributed by atoms with van der Waals surface area (Å²) in [6.07, 6.45) is 3.53. The molecule has 0 radical (unpaired) electrons. The second-order valence-electron chi connectivity index (χ2n) is 4.55. The molecule has 0 aliphatic carbocycles. The molecular weight excluding hydrogens is 286 g/mol. The largest absolute Gasteiger partial charge is 0.491 e. The molecule has 3 rings (SSSR count). The Morgan fingerprint density at radius 2 is 2.29 bits per heavy atom. The molecule has 7 heteroatoms. The fourth-order valence-electron chi connectivity index (χ4n) is 2.08. The van der Waals surface area contributed by atoms with Gasteiger partial charge in [0.05, 0.1) is 12.8 Å². The van der Waals surface area contributed by atoms with Crippen LogP contribution in [0.1, 0.15) is 17.0 Å². The molecule has 0 bridgehead atoms. The van der Waals surface area contributed by atoms with Gasteiger partial charge in [0.15, 0.2) is 5.16 Å². The van der Waals surface area contributed by atoms with E-state index >= 15 is 0 Å². The maximum absolute atomic E-state index is 8.85. The first kappa shape index (κ1) is 13.6. The van der Waals surface area contributed by atoms with Crippen LogP contribution >= 0.6 is 11.8 Å². The molecule has 0 atom stereocenters. The molecular formula is C14H13N5OS. The number of fused-ring (bicyclic) bond motifs is 1. The maximum Gasteiger partial charge on any atom is 0.190 e. The van der Waals surface area contributed by atoms with E-state index in [4.69, 9.17) is 15.7 Å². The first-order chi connectivity index (χ1) is 10.2. The highest BCUT2D eigenvalue weighted by Gasteiger charge is 2.13. The number of nitriles is 1. The van der Waals surface area contributed by atoms with Crippen LogP contribution in [0.5, 0.6) is 5.75 Å². The number of hydrogen-bond donors (Lipinski definition) is 1. The van der Waals surface area contributed by atoms with Crippen molar-refractivity contribution in [1.29, 1.82) is 5.26 Å². The van der Waals surface area contributed by atoms with Gasteiger partial charge in [-0.15, -0.1) is 0 Å². The van der Waals surface area contributed by atoms with Crippen molar-refractivity contribution in [2.24, 2.45) is 0 Å². The Morgan fingerprint density at radius 1 is 1.38 bits per heavy atom. The van der Waals surface area contributed by atoms with Gasteiger partial charge in [-0.3, -0.25) is 4.98 Å². The van der Waals surface area contributed by atoms with Crippen LogP contribution < -0.4 is 10.5 Å². The molecule has 0 unspecified atom stereocenters. The molecule has 0 fully saturated rings. The van der Waals surface area contributed by atoms with E-state index < -0.39 is 0 Å². The van der Waals surface area contributed by atoms with Gasteiger partial charge in [0.1, 0.15) is 23.3 Å². The fraction of sp³-hybridized carbons (Fsp3) is 0.286. The van der Waals surface area contributed by atoms with Gasteiger partial charge < -0.3 is 10.5 Å². The van der Waals surface area contributed by atoms with Crippen LogP contribution in [0.4, 0.5) is 5.82 Å². The van der Waals surface area contributed by atoms with E-state index in [1.165, 1.54) is 23.4 Å². The molecule has 2 aromatic rings. The van der Waals surface area contributed by atoms with Crippen molar-refractivity contribution in [3.63, 3.8) is 0 Å². The molecule has 2 aromatic heterocycles. The molecule has 6 nitrogen and oxygen atoms in total. The van der Waals surface area contributed by atoms with Gasteiger partial charge in [-0.1, -0.05) is 11.8 Å². The Morgan fingerprint density at radius 3 is 3.14 bits per heavy atom. The van der Waals surface area contributed by atoms with Crippen LogP contribution in [0, 0.1) is 11.3 Å². The second-order valence-corrected chi connectivity index (χ2v) is 5.61. The summed E-state index contributed by atoms with van der Waals surface area (Å²) in [6, 6.07) is 5.53. The smallest absolute Gasteiger partial charge is 0.190 e. The minimum absolute atomic E-state index is 0.290. The van der Waals surface area contributed by atoms with Gasteiger partial charge in [0.25, 0.3) is 0 Å². The zero-order valence-corrected chi connectivity index (χ0v) is 12.1. The maximum atomic E-state index is 8.85. The third-order valence-corrected chi connectivity index (χ3v) is 3.91. The summed E-state index contributed by atoms with van der Waals surface area (Å²) >= 11 is 1.47. The molecule has 0 aromatic carbocycles. The van der Waals surface area contributed by atoms with Crippen molar-refractivity contribution in [2.45, 2.75) is 18.0 Å². The highest BCUT2D eigenvalue weighted by atomic mass is 32.2. The standard InChI is InChI=1S/C14H13N5OS/c15-7-11-6-13(16)19-14(18-11)21-4-2-10-5-9-1-3-20-12(9)8-17-10/h5-6,8H,1-4H2,(H2,16,18,19). The van der Waals surface area contributed by atoms with Crippen LogP contribution in [-0.4, -0.2) is 27.3 Å². The van der Waals surface area contributed by atoms with E-state index in [-0.39, 0.29) is 5.69 Å². The zero-order valence-electron chi connectivity index (χ0n) is 11.2. The topological polar surface area (TPSA) is 97.7 Å². The Labute approximate surface area is 126 Å². The van der Waals surface area contributed by atoms with Crippen LogP contribution in [0.25, 0.3) is 0 Å². The van der Waals surface area contributed by atoms with E-state index in [2.05, 4.69) is 21.0 Å². The summed E-state index contributed by atoms with van der Waals surface area (Å²) in [6.45, 7) is 0.739. The average molecular weight is 299 g/mol. The Bertz CT molecular complexity index is 713. The van der Waals surface area contributed by atoms with E-state index in [0.717, 1.165) is 36.6 Å². The lowest BCUT2D eigenvalue weighted by molar-refractivity contribution is 0.355. The number of aromatic nitrogens is 3. The normalized spacial score (nSPS) is 12.5. The number of anilines is 1. The molecule has 1 aliphatic heterocycles. The third kappa shape index (κ3) is 3.23. The van der Waals surface area contributed by atoms with Crippen molar-refractivity contribution in [2.75, 3.05) is 18.1 Å². The lowest BCUT2D eigenvalue weighted by Crippen LogP contribution is -1.99. The molecule has 0 saturated carbocycles. The summed E-state index contributed by atoms with van der Waals surface area (Å²) in [5.74, 6) is 1.99. The van der Waals surface area contributed by atoms with Crippen molar-refractivity contribution in [3.8, 4) is 11.8 Å². The summed E-state index contributed by atoms with van der Waals surface area (Å²) in [4.78, 5) is 12.6. The Kier molecular flexibility index (Phi) is 3.88. The number of thioether (sulfide) groups is 1. The van der Waals surface area contributed by atoms with Crippen LogP contribution in [0.3, 0.4) is 0 Å². The molecule has 0 amide bonds. The van der Waals surface area contributed by atoms with Gasteiger partial charge in [-0.05, 0) is 12.5 Å². The van der Waals surface area contributed by atoms with E-state index in [1.54, 1.807) is 6.20 Å². The molecule has 1 aliphatic rings. The third-order valence-electron chi connectivity index (χ3n) is 3.06. The molecule has 0 spiro atoms. The van der Waals surface area contributed by atoms with Crippen molar-refractivity contribution >= 4 is 17.6 Å². The van der Waals surface area contributed by atoms with Gasteiger partial charge >= 0.3 is 0 Å². The van der Waals surface area contributed by atoms with E-state index in [1.807, 2.05) is 6.07 Å². The number of ether oxygens (including phenoxy) is 1. The predicted octanol–water partition coefficient (Wildman–Crippen LogP) is 1.60. The predicted molar refractivity (Wildman–Crippen MR) is 79.0 cm³/mol. The van der Waals surface area contributed by atoms with Gasteiger partial charge in [0, 0.05) is 29.5 Å². The first-order valence-corrected chi connectivity index (χ1v) is 7.51. The molecule has 106 valence electrons. The minimum Gasteiger partial charge on any atom is -0.491 e. The molecule has 3 heterocycles. The second kappa shape index (κ2) is 5.97. The van der Waals surface area contributed by atoms with Crippen molar-refractivity contribution in [3.05, 3.63) is 35.3 Å².